The van der Waals surface area contributed by atoms with Crippen LogP contribution >= 0.6 is 22.9 Å². The van der Waals surface area contributed by atoms with Crippen LogP contribution in [0.3, 0.4) is 0 Å². The molecule has 0 spiro atoms. The van der Waals surface area contributed by atoms with Crippen LogP contribution < -0.4 is 11.1 Å². The van der Waals surface area contributed by atoms with Gasteiger partial charge in [0.2, 0.25) is 0 Å². The van der Waals surface area contributed by atoms with Gasteiger partial charge in [0, 0.05) is 11.3 Å². The molecule has 0 aliphatic carbocycles. The Morgan fingerprint density at radius 3 is 2.86 bits per heavy atom. The molecule has 5 nitrogen and oxygen atoms in total. The number of aryl methyl sites for hydroxylation is 1. The van der Waals surface area contributed by atoms with Gasteiger partial charge in [-0.05, 0) is 30.0 Å². The number of thiophene rings is 1. The van der Waals surface area contributed by atoms with Crippen molar-refractivity contribution < 1.29 is 9.59 Å². The number of halogens is 1. The van der Waals surface area contributed by atoms with Crippen molar-refractivity contribution in [2.75, 3.05) is 5.32 Å². The third-order valence-electron chi connectivity index (χ3n) is 2.77. The molecule has 2 amide bonds. The summed E-state index contributed by atoms with van der Waals surface area (Å²) in [6.45, 7) is 2.02. The predicted molar refractivity (Wildman–Crippen MR) is 84.0 cm³/mol. The molecule has 0 aromatic carbocycles. The van der Waals surface area contributed by atoms with Crippen molar-refractivity contribution in [3.63, 3.8) is 0 Å². The molecule has 0 saturated carbocycles. The monoisotopic (exact) mass is 323 g/mol. The van der Waals surface area contributed by atoms with E-state index >= 15 is 0 Å². The molecule has 0 bridgehead atoms. The number of amides is 2. The van der Waals surface area contributed by atoms with Gasteiger partial charge in [0.25, 0.3) is 11.8 Å². The van der Waals surface area contributed by atoms with Crippen molar-refractivity contribution in [1.82, 2.24) is 4.98 Å². The lowest BCUT2D eigenvalue weighted by Gasteiger charge is -2.07. The minimum Gasteiger partial charge on any atom is -0.366 e. The van der Waals surface area contributed by atoms with Crippen LogP contribution in [0.15, 0.2) is 23.6 Å². The van der Waals surface area contributed by atoms with Crippen molar-refractivity contribution in [3.05, 3.63) is 45.6 Å². The molecule has 2 aromatic rings. The quantitative estimate of drug-likeness (QED) is 0.829. The first kappa shape index (κ1) is 15.5. The van der Waals surface area contributed by atoms with Crippen LogP contribution in [-0.4, -0.2) is 16.8 Å². The number of primary amides is 1. The van der Waals surface area contributed by atoms with Gasteiger partial charge in [0.1, 0.15) is 10.2 Å². The van der Waals surface area contributed by atoms with Crippen LogP contribution in [0.1, 0.15) is 39.8 Å². The van der Waals surface area contributed by atoms with Gasteiger partial charge in [-0.1, -0.05) is 24.9 Å². The van der Waals surface area contributed by atoms with Crippen molar-refractivity contribution in [2.24, 2.45) is 5.73 Å². The van der Waals surface area contributed by atoms with E-state index in [2.05, 4.69) is 10.3 Å². The van der Waals surface area contributed by atoms with E-state index in [1.54, 1.807) is 17.5 Å². The molecular formula is C14H14ClN3O2S. The first-order valence-corrected chi connectivity index (χ1v) is 7.62. The molecule has 21 heavy (non-hydrogen) atoms. The molecule has 2 heterocycles. The predicted octanol–water partition coefficient (Wildman–Crippen LogP) is 3.10. The maximum absolute atomic E-state index is 12.3. The first-order valence-electron chi connectivity index (χ1n) is 6.36. The van der Waals surface area contributed by atoms with Gasteiger partial charge in [-0.2, -0.15) is 0 Å². The molecule has 2 rings (SSSR count). The highest BCUT2D eigenvalue weighted by atomic mass is 35.5. The fourth-order valence-electron chi connectivity index (χ4n) is 1.84. The number of nitrogens with zero attached hydrogens (tertiary/aromatic N) is 1. The summed E-state index contributed by atoms with van der Waals surface area (Å²) in [5.74, 6) is -0.924. The number of carbonyl (C=O) groups is 2. The molecule has 110 valence electrons. The van der Waals surface area contributed by atoms with Gasteiger partial charge in [0.05, 0.1) is 5.56 Å². The summed E-state index contributed by atoms with van der Waals surface area (Å²) in [7, 11) is 0. The normalized spacial score (nSPS) is 10.4. The molecule has 7 heteroatoms. The Balaban J connectivity index is 2.24. The lowest BCUT2D eigenvalue weighted by molar-refractivity contribution is 0.100. The number of nitrogens with one attached hydrogen (secondary N) is 1. The largest absolute Gasteiger partial charge is 0.366 e. The number of rotatable bonds is 5. The third kappa shape index (κ3) is 3.80. The van der Waals surface area contributed by atoms with Gasteiger partial charge < -0.3 is 11.1 Å². The fourth-order valence-corrected chi connectivity index (χ4v) is 2.86. The average Bonchev–Trinajstić information content (AvgIpc) is 2.86. The summed E-state index contributed by atoms with van der Waals surface area (Å²) in [4.78, 5) is 27.7. The molecular weight excluding hydrogens is 310 g/mol. The van der Waals surface area contributed by atoms with Gasteiger partial charge in [-0.25, -0.2) is 4.98 Å². The summed E-state index contributed by atoms with van der Waals surface area (Å²) in [5.41, 5.74) is 6.71. The molecule has 0 aliphatic heterocycles. The fraction of sp³-hybridized carbons (Fsp3) is 0.214. The Bertz CT molecular complexity index is 685. The maximum Gasteiger partial charge on any atom is 0.256 e. The molecule has 0 atom stereocenters. The van der Waals surface area contributed by atoms with E-state index in [9.17, 15) is 9.59 Å². The van der Waals surface area contributed by atoms with Gasteiger partial charge >= 0.3 is 0 Å². The summed E-state index contributed by atoms with van der Waals surface area (Å²) in [5, 5.41) is 5.07. The van der Waals surface area contributed by atoms with Crippen molar-refractivity contribution in [1.29, 1.82) is 0 Å². The Kier molecular flexibility index (Phi) is 4.93. The van der Waals surface area contributed by atoms with Crippen LogP contribution in [0, 0.1) is 0 Å². The number of nitrogens with two attached hydrogens (primary N) is 1. The molecule has 0 radical (unpaired) electrons. The Labute approximate surface area is 131 Å². The molecule has 0 unspecified atom stereocenters. The van der Waals surface area contributed by atoms with Crippen LogP contribution in [0.2, 0.25) is 5.15 Å². The van der Waals surface area contributed by atoms with Crippen molar-refractivity contribution in [2.45, 2.75) is 19.8 Å². The minimum absolute atomic E-state index is 0.271. The van der Waals surface area contributed by atoms with E-state index in [-0.39, 0.29) is 11.1 Å². The smallest absolute Gasteiger partial charge is 0.256 e. The lowest BCUT2D eigenvalue weighted by atomic mass is 10.1. The maximum atomic E-state index is 12.3. The molecule has 0 fully saturated rings. The molecule has 0 saturated heterocycles. The first-order chi connectivity index (χ1) is 10.0. The number of hydrogen-bond donors (Lipinski definition) is 2. The second-order valence-corrected chi connectivity index (χ2v) is 5.71. The molecule has 0 aliphatic rings. The van der Waals surface area contributed by atoms with Crippen molar-refractivity contribution in [3.8, 4) is 0 Å². The van der Waals surface area contributed by atoms with Gasteiger partial charge in [0.15, 0.2) is 0 Å². The van der Waals surface area contributed by atoms with Crippen LogP contribution in [-0.2, 0) is 6.42 Å². The zero-order valence-corrected chi connectivity index (χ0v) is 12.9. The van der Waals surface area contributed by atoms with Crippen molar-refractivity contribution >= 4 is 39.8 Å². The van der Waals surface area contributed by atoms with E-state index in [1.165, 1.54) is 17.4 Å². The SMILES string of the molecule is CCCc1cc(C(=O)Nc2sccc2C(N)=O)cc(Cl)n1. The standard InChI is InChI=1S/C14H14ClN3O2S/c1-2-3-9-6-8(7-11(15)17-9)13(20)18-14-10(12(16)19)4-5-21-14/h4-7H,2-3H2,1H3,(H2,16,19)(H,18,20). The third-order valence-corrected chi connectivity index (χ3v) is 3.80. The van der Waals surface area contributed by atoms with E-state index in [0.29, 0.717) is 16.1 Å². The van der Waals surface area contributed by atoms with E-state index in [0.717, 1.165) is 18.5 Å². The number of pyridine rings is 1. The second-order valence-electron chi connectivity index (χ2n) is 4.40. The van der Waals surface area contributed by atoms with E-state index < -0.39 is 5.91 Å². The molecule has 3 N–H and O–H groups in total. The zero-order valence-electron chi connectivity index (χ0n) is 11.4. The number of aromatic nitrogens is 1. The Hall–Kier alpha value is -1.92. The average molecular weight is 324 g/mol. The number of carbonyl (C=O) groups excluding carboxylic acids is 2. The number of anilines is 1. The zero-order chi connectivity index (χ0) is 15.4. The Morgan fingerprint density at radius 1 is 1.43 bits per heavy atom. The van der Waals surface area contributed by atoms with Crippen LogP contribution in [0.4, 0.5) is 5.00 Å². The van der Waals surface area contributed by atoms with Crippen LogP contribution in [0.25, 0.3) is 0 Å². The number of hydrogen-bond acceptors (Lipinski definition) is 4. The Morgan fingerprint density at radius 2 is 2.19 bits per heavy atom. The van der Waals surface area contributed by atoms with Crippen LogP contribution in [0.5, 0.6) is 0 Å². The van der Waals surface area contributed by atoms with E-state index in [1.807, 2.05) is 6.92 Å². The summed E-state index contributed by atoms with van der Waals surface area (Å²) in [6.07, 6.45) is 1.65. The highest BCUT2D eigenvalue weighted by Gasteiger charge is 2.15. The summed E-state index contributed by atoms with van der Waals surface area (Å²) >= 11 is 7.17. The van der Waals surface area contributed by atoms with Gasteiger partial charge in [-0.3, -0.25) is 9.59 Å². The minimum atomic E-state index is -0.578. The highest BCUT2D eigenvalue weighted by molar-refractivity contribution is 7.14. The topological polar surface area (TPSA) is 85.1 Å². The summed E-state index contributed by atoms with van der Waals surface area (Å²) < 4.78 is 0. The van der Waals surface area contributed by atoms with E-state index in [4.69, 9.17) is 17.3 Å². The lowest BCUT2D eigenvalue weighted by Crippen LogP contribution is -2.17. The highest BCUT2D eigenvalue weighted by Crippen LogP contribution is 2.24. The summed E-state index contributed by atoms with van der Waals surface area (Å²) in [6, 6.07) is 4.76. The second kappa shape index (κ2) is 6.69. The van der Waals surface area contributed by atoms with Gasteiger partial charge in [-0.15, -0.1) is 11.3 Å². The molecule has 2 aromatic heterocycles.